The van der Waals surface area contributed by atoms with Crippen LogP contribution in [0.3, 0.4) is 0 Å². The summed E-state index contributed by atoms with van der Waals surface area (Å²) in [6.07, 6.45) is 1.48. The standard InChI is InChI=1S/C15H22N2O/c1-12-3-4-14(13(2)11-12)5-6-15(18)17-9-7-16-8-10-17/h3-4,11,16H,5-10H2,1-2H3. The predicted molar refractivity (Wildman–Crippen MR) is 73.7 cm³/mol. The van der Waals surface area contributed by atoms with Crippen LogP contribution in [0.4, 0.5) is 0 Å². The summed E-state index contributed by atoms with van der Waals surface area (Å²) in [6, 6.07) is 6.46. The summed E-state index contributed by atoms with van der Waals surface area (Å²) in [6.45, 7) is 7.78. The molecule has 0 unspecified atom stereocenters. The summed E-state index contributed by atoms with van der Waals surface area (Å²) in [4.78, 5) is 14.0. The average molecular weight is 246 g/mol. The van der Waals surface area contributed by atoms with Crippen LogP contribution >= 0.6 is 0 Å². The number of rotatable bonds is 3. The molecule has 2 rings (SSSR count). The molecule has 98 valence electrons. The Balaban J connectivity index is 1.88. The first-order valence-corrected chi connectivity index (χ1v) is 6.71. The van der Waals surface area contributed by atoms with Gasteiger partial charge in [-0.3, -0.25) is 4.79 Å². The first kappa shape index (κ1) is 13.1. The van der Waals surface area contributed by atoms with Gasteiger partial charge in [0.2, 0.25) is 5.91 Å². The average Bonchev–Trinajstić information content (AvgIpc) is 2.38. The molecule has 1 heterocycles. The van der Waals surface area contributed by atoms with E-state index in [1.54, 1.807) is 0 Å². The first-order valence-electron chi connectivity index (χ1n) is 6.71. The molecule has 1 saturated heterocycles. The molecule has 0 bridgehead atoms. The molecular formula is C15H22N2O. The van der Waals surface area contributed by atoms with Crippen LogP contribution in [-0.4, -0.2) is 37.0 Å². The van der Waals surface area contributed by atoms with Gasteiger partial charge in [0, 0.05) is 32.6 Å². The van der Waals surface area contributed by atoms with E-state index in [0.717, 1.165) is 32.6 Å². The van der Waals surface area contributed by atoms with E-state index in [1.807, 2.05) is 4.90 Å². The van der Waals surface area contributed by atoms with Crippen LogP contribution in [0.2, 0.25) is 0 Å². The Labute approximate surface area is 109 Å². The van der Waals surface area contributed by atoms with Crippen molar-refractivity contribution >= 4 is 5.91 Å². The number of hydrogen-bond acceptors (Lipinski definition) is 2. The van der Waals surface area contributed by atoms with Crippen molar-refractivity contribution in [3.8, 4) is 0 Å². The largest absolute Gasteiger partial charge is 0.340 e. The lowest BCUT2D eigenvalue weighted by Gasteiger charge is -2.27. The maximum Gasteiger partial charge on any atom is 0.222 e. The fraction of sp³-hybridized carbons (Fsp3) is 0.533. The Morgan fingerprint density at radius 1 is 1.28 bits per heavy atom. The van der Waals surface area contributed by atoms with Gasteiger partial charge in [-0.15, -0.1) is 0 Å². The van der Waals surface area contributed by atoms with Gasteiger partial charge in [-0.2, -0.15) is 0 Å². The van der Waals surface area contributed by atoms with Gasteiger partial charge in [-0.1, -0.05) is 23.8 Å². The molecule has 1 fully saturated rings. The summed E-state index contributed by atoms with van der Waals surface area (Å²) in [5, 5.41) is 3.26. The number of piperazine rings is 1. The van der Waals surface area contributed by atoms with Crippen molar-refractivity contribution in [3.63, 3.8) is 0 Å². The van der Waals surface area contributed by atoms with Crippen LogP contribution in [0.1, 0.15) is 23.1 Å². The minimum Gasteiger partial charge on any atom is -0.340 e. The smallest absolute Gasteiger partial charge is 0.222 e. The van der Waals surface area contributed by atoms with Gasteiger partial charge in [0.25, 0.3) is 0 Å². The Bertz CT molecular complexity index is 423. The highest BCUT2D eigenvalue weighted by molar-refractivity contribution is 5.76. The Morgan fingerprint density at radius 3 is 2.67 bits per heavy atom. The van der Waals surface area contributed by atoms with Crippen molar-refractivity contribution in [2.24, 2.45) is 0 Å². The van der Waals surface area contributed by atoms with Gasteiger partial charge in [0.15, 0.2) is 0 Å². The molecule has 0 saturated carbocycles. The summed E-state index contributed by atoms with van der Waals surface area (Å²) in [7, 11) is 0. The number of nitrogens with zero attached hydrogens (tertiary/aromatic N) is 1. The molecule has 1 aliphatic heterocycles. The molecule has 0 atom stereocenters. The van der Waals surface area contributed by atoms with Gasteiger partial charge in [-0.05, 0) is 31.4 Å². The molecule has 0 aliphatic carbocycles. The van der Waals surface area contributed by atoms with E-state index in [-0.39, 0.29) is 5.91 Å². The molecule has 0 radical (unpaired) electrons. The van der Waals surface area contributed by atoms with Crippen molar-refractivity contribution in [2.45, 2.75) is 26.7 Å². The van der Waals surface area contributed by atoms with Crippen LogP contribution in [0.15, 0.2) is 18.2 Å². The third kappa shape index (κ3) is 3.33. The SMILES string of the molecule is Cc1ccc(CCC(=O)N2CCNCC2)c(C)c1. The predicted octanol–water partition coefficient (Wildman–Crippen LogP) is 1.67. The number of carbonyl (C=O) groups is 1. The third-order valence-electron chi connectivity index (χ3n) is 3.58. The number of carbonyl (C=O) groups excluding carboxylic acids is 1. The van der Waals surface area contributed by atoms with Crippen LogP contribution < -0.4 is 5.32 Å². The number of aryl methyl sites for hydroxylation is 3. The molecule has 3 nitrogen and oxygen atoms in total. The molecule has 0 spiro atoms. The van der Waals surface area contributed by atoms with Crippen LogP contribution in [0.5, 0.6) is 0 Å². The molecule has 1 N–H and O–H groups in total. The van der Waals surface area contributed by atoms with E-state index in [0.29, 0.717) is 6.42 Å². The normalized spacial score (nSPS) is 15.8. The van der Waals surface area contributed by atoms with Crippen molar-refractivity contribution in [1.29, 1.82) is 0 Å². The van der Waals surface area contributed by atoms with Crippen LogP contribution in [-0.2, 0) is 11.2 Å². The van der Waals surface area contributed by atoms with E-state index in [2.05, 4.69) is 37.4 Å². The lowest BCUT2D eigenvalue weighted by molar-refractivity contribution is -0.131. The third-order valence-corrected chi connectivity index (χ3v) is 3.58. The van der Waals surface area contributed by atoms with Crippen molar-refractivity contribution < 1.29 is 4.79 Å². The highest BCUT2D eigenvalue weighted by Crippen LogP contribution is 2.13. The fourth-order valence-electron chi connectivity index (χ4n) is 2.44. The first-order chi connectivity index (χ1) is 8.66. The lowest BCUT2D eigenvalue weighted by atomic mass is 10.0. The topological polar surface area (TPSA) is 32.3 Å². The summed E-state index contributed by atoms with van der Waals surface area (Å²) >= 11 is 0. The Kier molecular flexibility index (Phi) is 4.37. The highest BCUT2D eigenvalue weighted by Gasteiger charge is 2.15. The molecule has 18 heavy (non-hydrogen) atoms. The van der Waals surface area contributed by atoms with Gasteiger partial charge in [-0.25, -0.2) is 0 Å². The number of benzene rings is 1. The molecule has 1 aromatic carbocycles. The van der Waals surface area contributed by atoms with Gasteiger partial charge < -0.3 is 10.2 Å². The maximum absolute atomic E-state index is 12.0. The van der Waals surface area contributed by atoms with Crippen molar-refractivity contribution in [3.05, 3.63) is 34.9 Å². The zero-order chi connectivity index (χ0) is 13.0. The minimum atomic E-state index is 0.288. The van der Waals surface area contributed by atoms with E-state index < -0.39 is 0 Å². The number of nitrogens with one attached hydrogen (secondary N) is 1. The van der Waals surface area contributed by atoms with Gasteiger partial charge in [0.05, 0.1) is 0 Å². The minimum absolute atomic E-state index is 0.288. The van der Waals surface area contributed by atoms with Gasteiger partial charge in [0.1, 0.15) is 0 Å². The zero-order valence-corrected chi connectivity index (χ0v) is 11.3. The van der Waals surface area contributed by atoms with Crippen molar-refractivity contribution in [2.75, 3.05) is 26.2 Å². The number of hydrogen-bond donors (Lipinski definition) is 1. The second-order valence-electron chi connectivity index (χ2n) is 5.06. The summed E-state index contributed by atoms with van der Waals surface area (Å²) in [5.41, 5.74) is 3.87. The monoisotopic (exact) mass is 246 g/mol. The van der Waals surface area contributed by atoms with E-state index in [1.165, 1.54) is 16.7 Å². The van der Waals surface area contributed by atoms with Crippen molar-refractivity contribution in [1.82, 2.24) is 10.2 Å². The molecule has 3 heteroatoms. The summed E-state index contributed by atoms with van der Waals surface area (Å²) in [5.74, 6) is 0.288. The second-order valence-corrected chi connectivity index (χ2v) is 5.06. The molecule has 1 aliphatic rings. The van der Waals surface area contributed by atoms with E-state index >= 15 is 0 Å². The Hall–Kier alpha value is -1.35. The lowest BCUT2D eigenvalue weighted by Crippen LogP contribution is -2.46. The highest BCUT2D eigenvalue weighted by atomic mass is 16.2. The molecule has 0 aromatic heterocycles. The molecule has 1 amide bonds. The van der Waals surface area contributed by atoms with E-state index in [9.17, 15) is 4.79 Å². The van der Waals surface area contributed by atoms with E-state index in [4.69, 9.17) is 0 Å². The fourth-order valence-corrected chi connectivity index (χ4v) is 2.44. The summed E-state index contributed by atoms with van der Waals surface area (Å²) < 4.78 is 0. The van der Waals surface area contributed by atoms with Crippen LogP contribution in [0.25, 0.3) is 0 Å². The quantitative estimate of drug-likeness (QED) is 0.880. The molecule has 1 aromatic rings. The van der Waals surface area contributed by atoms with Gasteiger partial charge >= 0.3 is 0 Å². The van der Waals surface area contributed by atoms with Crippen LogP contribution in [0, 0.1) is 13.8 Å². The second kappa shape index (κ2) is 6.01. The number of amides is 1. The maximum atomic E-state index is 12.0. The molecular weight excluding hydrogens is 224 g/mol. The Morgan fingerprint density at radius 2 is 2.00 bits per heavy atom. The zero-order valence-electron chi connectivity index (χ0n) is 11.3.